The average molecular weight is 345 g/mol. The Kier molecular flexibility index (Phi) is 5.51. The van der Waals surface area contributed by atoms with Crippen LogP contribution in [0.25, 0.3) is 10.9 Å². The van der Waals surface area contributed by atoms with Crippen LogP contribution in [-0.4, -0.2) is 50.3 Å². The summed E-state index contributed by atoms with van der Waals surface area (Å²) in [6.07, 6.45) is 0. The summed E-state index contributed by atoms with van der Waals surface area (Å²) in [7, 11) is 0. The molecule has 25 heavy (non-hydrogen) atoms. The lowest BCUT2D eigenvalue weighted by Crippen LogP contribution is -2.48. The summed E-state index contributed by atoms with van der Waals surface area (Å²) in [5, 5.41) is 11.0. The van der Waals surface area contributed by atoms with Crippen molar-refractivity contribution in [1.29, 1.82) is 0 Å². The highest BCUT2D eigenvalue weighted by molar-refractivity contribution is 5.85. The van der Waals surface area contributed by atoms with E-state index in [1.807, 2.05) is 20.8 Å². The van der Waals surface area contributed by atoms with Crippen molar-refractivity contribution in [2.24, 2.45) is 0 Å². The highest BCUT2D eigenvalue weighted by Gasteiger charge is 2.20. The van der Waals surface area contributed by atoms with E-state index in [1.54, 1.807) is 31.2 Å². The molecular formula is C17H23N5O3. The number of hydrogen-bond acceptors (Lipinski definition) is 5. The van der Waals surface area contributed by atoms with Crippen molar-refractivity contribution in [3.63, 3.8) is 0 Å². The lowest BCUT2D eigenvalue weighted by molar-refractivity contribution is -0.137. The Bertz CT molecular complexity index is 838. The summed E-state index contributed by atoms with van der Waals surface area (Å²) in [5.74, 6) is -0.613. The molecule has 0 spiro atoms. The first kappa shape index (κ1) is 18.6. The molecule has 134 valence electrons. The third kappa shape index (κ3) is 4.85. The van der Waals surface area contributed by atoms with Crippen molar-refractivity contribution in [2.75, 3.05) is 13.1 Å². The second kappa shape index (κ2) is 7.42. The van der Waals surface area contributed by atoms with Crippen LogP contribution in [0.1, 0.15) is 27.7 Å². The summed E-state index contributed by atoms with van der Waals surface area (Å²) in [5.41, 5.74) is -0.275. The molecule has 0 atom stereocenters. The van der Waals surface area contributed by atoms with Gasteiger partial charge in [-0.05, 0) is 39.8 Å². The van der Waals surface area contributed by atoms with Crippen LogP contribution in [0.5, 0.6) is 0 Å². The maximum Gasteiger partial charge on any atom is 0.278 e. The van der Waals surface area contributed by atoms with Gasteiger partial charge in [-0.3, -0.25) is 14.4 Å². The minimum absolute atomic E-state index is 0.0671. The van der Waals surface area contributed by atoms with E-state index in [1.165, 1.54) is 4.90 Å². The predicted molar refractivity (Wildman–Crippen MR) is 93.9 cm³/mol. The monoisotopic (exact) mass is 345 g/mol. The van der Waals surface area contributed by atoms with Crippen LogP contribution < -0.4 is 10.9 Å². The molecule has 0 unspecified atom stereocenters. The van der Waals surface area contributed by atoms with Gasteiger partial charge in [0.05, 0.1) is 11.9 Å². The van der Waals surface area contributed by atoms with Crippen molar-refractivity contribution >= 4 is 22.7 Å². The first-order valence-electron chi connectivity index (χ1n) is 8.12. The van der Waals surface area contributed by atoms with Gasteiger partial charge in [-0.2, -0.15) is 0 Å². The van der Waals surface area contributed by atoms with Crippen LogP contribution in [0.2, 0.25) is 0 Å². The molecular weight excluding hydrogens is 322 g/mol. The summed E-state index contributed by atoms with van der Waals surface area (Å²) >= 11 is 0. The Morgan fingerprint density at radius 2 is 1.92 bits per heavy atom. The molecule has 2 aromatic rings. The van der Waals surface area contributed by atoms with Crippen molar-refractivity contribution in [1.82, 2.24) is 25.2 Å². The number of hydrogen-bond donors (Lipinski definition) is 1. The van der Waals surface area contributed by atoms with Gasteiger partial charge in [0.25, 0.3) is 5.56 Å². The van der Waals surface area contributed by atoms with E-state index in [0.29, 0.717) is 17.4 Å². The molecule has 1 aromatic carbocycles. The molecule has 0 saturated heterocycles. The fraction of sp³-hybridized carbons (Fsp3) is 0.471. The Balaban J connectivity index is 2.13. The van der Waals surface area contributed by atoms with E-state index < -0.39 is 0 Å². The minimum atomic E-state index is -0.380. The minimum Gasteiger partial charge on any atom is -0.350 e. The second-order valence-corrected chi connectivity index (χ2v) is 6.78. The molecule has 1 N–H and O–H groups in total. The Morgan fingerprint density at radius 3 is 2.56 bits per heavy atom. The molecule has 0 aliphatic rings. The molecule has 0 saturated carbocycles. The molecule has 2 amide bonds. The lowest BCUT2D eigenvalue weighted by Gasteiger charge is -2.25. The van der Waals surface area contributed by atoms with Gasteiger partial charge in [0.15, 0.2) is 0 Å². The molecule has 1 aromatic heterocycles. The van der Waals surface area contributed by atoms with E-state index >= 15 is 0 Å². The zero-order valence-electron chi connectivity index (χ0n) is 14.9. The quantitative estimate of drug-likeness (QED) is 0.854. The zero-order valence-corrected chi connectivity index (χ0v) is 14.9. The Morgan fingerprint density at radius 1 is 1.24 bits per heavy atom. The smallest absolute Gasteiger partial charge is 0.278 e. The maximum absolute atomic E-state index is 12.5. The van der Waals surface area contributed by atoms with Gasteiger partial charge >= 0.3 is 0 Å². The molecule has 0 aliphatic carbocycles. The van der Waals surface area contributed by atoms with Crippen molar-refractivity contribution in [3.05, 3.63) is 34.6 Å². The van der Waals surface area contributed by atoms with Crippen molar-refractivity contribution in [2.45, 2.75) is 39.8 Å². The summed E-state index contributed by atoms with van der Waals surface area (Å²) in [6, 6.07) is 6.82. The molecule has 8 heteroatoms. The van der Waals surface area contributed by atoms with Gasteiger partial charge in [-0.25, -0.2) is 4.68 Å². The Labute approximate surface area is 145 Å². The van der Waals surface area contributed by atoms with Crippen molar-refractivity contribution < 1.29 is 9.59 Å². The highest BCUT2D eigenvalue weighted by atomic mass is 16.2. The van der Waals surface area contributed by atoms with E-state index in [4.69, 9.17) is 0 Å². The number of aromatic nitrogens is 3. The van der Waals surface area contributed by atoms with E-state index in [2.05, 4.69) is 15.6 Å². The van der Waals surface area contributed by atoms with Crippen molar-refractivity contribution in [3.8, 4) is 0 Å². The number of rotatable bonds is 5. The Hall–Kier alpha value is -2.77. The van der Waals surface area contributed by atoms with Crippen LogP contribution in [0.4, 0.5) is 0 Å². The predicted octanol–water partition coefficient (Wildman–Crippen LogP) is 0.555. The first-order chi connectivity index (χ1) is 11.7. The highest BCUT2D eigenvalue weighted by Crippen LogP contribution is 2.04. The van der Waals surface area contributed by atoms with Crippen LogP contribution in [0, 0.1) is 0 Å². The summed E-state index contributed by atoms with van der Waals surface area (Å²) in [4.78, 5) is 38.3. The second-order valence-electron chi connectivity index (χ2n) is 6.78. The summed E-state index contributed by atoms with van der Waals surface area (Å²) in [6.45, 7) is 7.41. The van der Waals surface area contributed by atoms with E-state index in [0.717, 1.165) is 4.68 Å². The van der Waals surface area contributed by atoms with Gasteiger partial charge in [0.1, 0.15) is 12.1 Å². The first-order valence-corrected chi connectivity index (χ1v) is 8.12. The fourth-order valence-electron chi connectivity index (χ4n) is 2.36. The van der Waals surface area contributed by atoms with Gasteiger partial charge in [0.2, 0.25) is 11.8 Å². The average Bonchev–Trinajstić information content (AvgIpc) is 2.53. The lowest BCUT2D eigenvalue weighted by atomic mass is 10.1. The van der Waals surface area contributed by atoms with Crippen LogP contribution in [0.3, 0.4) is 0 Å². The van der Waals surface area contributed by atoms with Gasteiger partial charge < -0.3 is 10.2 Å². The number of likely N-dealkylation sites (N-methyl/N-ethyl adjacent to an activating group) is 1. The van der Waals surface area contributed by atoms with Gasteiger partial charge in [-0.1, -0.05) is 17.3 Å². The van der Waals surface area contributed by atoms with Crippen LogP contribution in [-0.2, 0) is 16.1 Å². The number of carbonyl (C=O) groups excluding carboxylic acids is 2. The largest absolute Gasteiger partial charge is 0.350 e. The van der Waals surface area contributed by atoms with E-state index in [9.17, 15) is 14.4 Å². The normalized spacial score (nSPS) is 11.4. The molecule has 8 nitrogen and oxygen atoms in total. The number of nitrogens with one attached hydrogen (secondary N) is 1. The van der Waals surface area contributed by atoms with Crippen LogP contribution >= 0.6 is 0 Å². The van der Waals surface area contributed by atoms with Crippen LogP contribution in [0.15, 0.2) is 29.1 Å². The third-order valence-corrected chi connectivity index (χ3v) is 3.50. The molecule has 0 aliphatic heterocycles. The number of benzene rings is 1. The topological polar surface area (TPSA) is 97.2 Å². The van der Waals surface area contributed by atoms with Gasteiger partial charge in [-0.15, -0.1) is 5.10 Å². The maximum atomic E-state index is 12.5. The third-order valence-electron chi connectivity index (χ3n) is 3.50. The molecule has 0 fully saturated rings. The SMILES string of the molecule is CCN(CC(=O)NC(C)(C)C)C(=O)Cn1nnc2ccccc2c1=O. The number of carbonyl (C=O) groups is 2. The standard InChI is InChI=1S/C17H23N5O3/c1-5-21(10-14(23)18-17(2,3)4)15(24)11-22-16(25)12-8-6-7-9-13(12)19-20-22/h6-9H,5,10-11H2,1-4H3,(H,18,23). The molecule has 0 bridgehead atoms. The zero-order chi connectivity index (χ0) is 18.6. The van der Waals surface area contributed by atoms with Gasteiger partial charge in [0, 0.05) is 12.1 Å². The molecule has 2 rings (SSSR count). The fourth-order valence-corrected chi connectivity index (χ4v) is 2.36. The molecule has 1 heterocycles. The van der Waals surface area contributed by atoms with E-state index in [-0.39, 0.29) is 36.0 Å². The molecule has 0 radical (unpaired) electrons. The summed E-state index contributed by atoms with van der Waals surface area (Å²) < 4.78 is 1.02. The number of nitrogens with zero attached hydrogens (tertiary/aromatic N) is 4. The number of fused-ring (bicyclic) bond motifs is 1. The number of amides is 2.